The number of para-hydroxylation sites is 1. The number of carbonyl (C=O) groups is 2. The maximum absolute atomic E-state index is 12.8. The number of carboxylic acid groups (broad SMARTS) is 1. The fourth-order valence-electron chi connectivity index (χ4n) is 3.16. The molecule has 0 spiro atoms. The number of aliphatic carboxylic acids is 1. The van der Waals surface area contributed by atoms with Crippen LogP contribution in [0.25, 0.3) is 16.3 Å². The first kappa shape index (κ1) is 16.5. The lowest BCUT2D eigenvalue weighted by Gasteiger charge is -2.13. The number of benzene rings is 1. The van der Waals surface area contributed by atoms with Gasteiger partial charge in [0.15, 0.2) is 5.69 Å². The summed E-state index contributed by atoms with van der Waals surface area (Å²) in [4.78, 5) is 26.6. The number of nitrogens with zero attached hydrogens (tertiary/aromatic N) is 3. The molecule has 1 amide bonds. The third-order valence-electron chi connectivity index (χ3n) is 4.53. The molecular formula is C19H17N3O3S. The summed E-state index contributed by atoms with van der Waals surface area (Å²) in [7, 11) is 0. The van der Waals surface area contributed by atoms with Crippen LogP contribution in [-0.4, -0.2) is 44.8 Å². The highest BCUT2D eigenvalue weighted by Crippen LogP contribution is 2.29. The molecule has 1 aliphatic rings. The Hall–Kier alpha value is -2.93. The predicted molar refractivity (Wildman–Crippen MR) is 98.5 cm³/mol. The molecule has 1 atom stereocenters. The molecule has 26 heavy (non-hydrogen) atoms. The lowest BCUT2D eigenvalue weighted by Crippen LogP contribution is -2.30. The highest BCUT2D eigenvalue weighted by atomic mass is 32.1. The number of rotatable bonds is 4. The lowest BCUT2D eigenvalue weighted by atomic mass is 10.1. The molecule has 1 aromatic carbocycles. The van der Waals surface area contributed by atoms with Crippen LogP contribution in [0.3, 0.4) is 0 Å². The molecule has 0 radical (unpaired) electrons. The molecule has 1 N–H and O–H groups in total. The third-order valence-corrected chi connectivity index (χ3v) is 5.42. The monoisotopic (exact) mass is 367 g/mol. The van der Waals surface area contributed by atoms with Gasteiger partial charge in [-0.3, -0.25) is 9.59 Å². The maximum atomic E-state index is 12.8. The van der Waals surface area contributed by atoms with Gasteiger partial charge in [-0.1, -0.05) is 24.3 Å². The second-order valence-electron chi connectivity index (χ2n) is 6.21. The van der Waals surface area contributed by atoms with E-state index in [4.69, 9.17) is 5.11 Å². The molecule has 3 heterocycles. The van der Waals surface area contributed by atoms with E-state index in [1.54, 1.807) is 27.0 Å². The van der Waals surface area contributed by atoms with Gasteiger partial charge in [0.05, 0.1) is 22.2 Å². The summed E-state index contributed by atoms with van der Waals surface area (Å²) < 4.78 is 1.77. The van der Waals surface area contributed by atoms with Gasteiger partial charge in [-0.2, -0.15) is 5.10 Å². The minimum Gasteiger partial charge on any atom is -0.481 e. The molecule has 2 aromatic heterocycles. The Bertz CT molecular complexity index is 934. The van der Waals surface area contributed by atoms with E-state index < -0.39 is 11.9 Å². The van der Waals surface area contributed by atoms with E-state index in [1.165, 1.54) is 0 Å². The highest BCUT2D eigenvalue weighted by Gasteiger charge is 2.32. The average molecular weight is 367 g/mol. The van der Waals surface area contributed by atoms with Crippen LogP contribution < -0.4 is 0 Å². The van der Waals surface area contributed by atoms with Crippen molar-refractivity contribution in [1.82, 2.24) is 14.7 Å². The summed E-state index contributed by atoms with van der Waals surface area (Å²) in [5.74, 6) is -1.57. The highest BCUT2D eigenvalue weighted by molar-refractivity contribution is 7.13. The molecule has 6 nitrogen and oxygen atoms in total. The second kappa shape index (κ2) is 6.76. The van der Waals surface area contributed by atoms with E-state index in [1.807, 2.05) is 47.8 Å². The zero-order chi connectivity index (χ0) is 18.1. The quantitative estimate of drug-likeness (QED) is 0.769. The fourth-order valence-corrected chi connectivity index (χ4v) is 3.89. The number of thiophene rings is 1. The second-order valence-corrected chi connectivity index (χ2v) is 7.16. The van der Waals surface area contributed by atoms with Crippen molar-refractivity contribution in [3.8, 4) is 16.3 Å². The van der Waals surface area contributed by atoms with E-state index in [-0.39, 0.29) is 12.5 Å². The molecule has 1 fully saturated rings. The van der Waals surface area contributed by atoms with Crippen LogP contribution in [0.5, 0.6) is 0 Å². The van der Waals surface area contributed by atoms with Gasteiger partial charge in [0.1, 0.15) is 0 Å². The zero-order valence-corrected chi connectivity index (χ0v) is 14.7. The fraction of sp³-hybridized carbons (Fsp3) is 0.211. The van der Waals surface area contributed by atoms with Crippen LogP contribution in [0.4, 0.5) is 0 Å². The standard InChI is InChI=1S/C19H17N3O3S/c23-18(21-9-8-13(12-21)19(24)25)15-11-16(17-7-4-10-26-17)22(20-15)14-5-2-1-3-6-14/h1-7,10-11,13H,8-9,12H2,(H,24,25)/t13-/m0/s1. The summed E-state index contributed by atoms with van der Waals surface area (Å²) in [6.07, 6.45) is 0.484. The Morgan fingerprint density at radius 3 is 2.62 bits per heavy atom. The van der Waals surface area contributed by atoms with E-state index in [0.29, 0.717) is 18.7 Å². The largest absolute Gasteiger partial charge is 0.481 e. The Kier molecular flexibility index (Phi) is 4.30. The van der Waals surface area contributed by atoms with Gasteiger partial charge in [0.25, 0.3) is 5.91 Å². The smallest absolute Gasteiger partial charge is 0.308 e. The topological polar surface area (TPSA) is 75.4 Å². The van der Waals surface area contributed by atoms with E-state index in [2.05, 4.69) is 5.10 Å². The van der Waals surface area contributed by atoms with Crippen LogP contribution in [-0.2, 0) is 4.79 Å². The van der Waals surface area contributed by atoms with Crippen molar-refractivity contribution in [2.75, 3.05) is 13.1 Å². The first-order valence-corrected chi connectivity index (χ1v) is 9.23. The third kappa shape index (κ3) is 3.01. The van der Waals surface area contributed by atoms with Crippen molar-refractivity contribution >= 4 is 23.2 Å². The van der Waals surface area contributed by atoms with Crippen molar-refractivity contribution in [3.05, 3.63) is 59.6 Å². The first-order valence-electron chi connectivity index (χ1n) is 8.35. The molecule has 0 bridgehead atoms. The van der Waals surface area contributed by atoms with Crippen LogP contribution in [0.2, 0.25) is 0 Å². The van der Waals surface area contributed by atoms with Crippen molar-refractivity contribution in [2.45, 2.75) is 6.42 Å². The van der Waals surface area contributed by atoms with E-state index in [0.717, 1.165) is 16.3 Å². The summed E-state index contributed by atoms with van der Waals surface area (Å²) in [5.41, 5.74) is 2.06. The normalized spacial score (nSPS) is 16.8. The molecule has 4 rings (SSSR count). The predicted octanol–water partition coefficient (Wildman–Crippen LogP) is 3.15. The van der Waals surface area contributed by atoms with Gasteiger partial charge in [-0.15, -0.1) is 11.3 Å². The van der Waals surface area contributed by atoms with Gasteiger partial charge in [0, 0.05) is 13.1 Å². The molecule has 132 valence electrons. The zero-order valence-electron chi connectivity index (χ0n) is 13.9. The van der Waals surface area contributed by atoms with Crippen LogP contribution in [0.1, 0.15) is 16.9 Å². The first-order chi connectivity index (χ1) is 12.6. The van der Waals surface area contributed by atoms with Crippen molar-refractivity contribution in [2.24, 2.45) is 5.92 Å². The van der Waals surface area contributed by atoms with Gasteiger partial charge in [-0.25, -0.2) is 4.68 Å². The van der Waals surface area contributed by atoms with Crippen molar-refractivity contribution in [1.29, 1.82) is 0 Å². The molecule has 1 aliphatic heterocycles. The maximum Gasteiger partial charge on any atom is 0.308 e. The van der Waals surface area contributed by atoms with Crippen LogP contribution in [0.15, 0.2) is 53.9 Å². The number of carbonyl (C=O) groups excluding carboxylic acids is 1. The van der Waals surface area contributed by atoms with Gasteiger partial charge < -0.3 is 10.0 Å². The minimum absolute atomic E-state index is 0.221. The molecule has 7 heteroatoms. The molecule has 0 aliphatic carbocycles. The average Bonchev–Trinajstić information content (AvgIpc) is 3.41. The number of amides is 1. The van der Waals surface area contributed by atoms with Crippen LogP contribution >= 0.6 is 11.3 Å². The summed E-state index contributed by atoms with van der Waals surface area (Å²) in [6, 6.07) is 15.4. The SMILES string of the molecule is O=C(O)[C@H]1CCN(C(=O)c2cc(-c3cccs3)n(-c3ccccc3)n2)C1. The Labute approximate surface area is 154 Å². The van der Waals surface area contributed by atoms with Crippen molar-refractivity contribution in [3.63, 3.8) is 0 Å². The number of hydrogen-bond donors (Lipinski definition) is 1. The molecule has 1 saturated heterocycles. The number of aromatic nitrogens is 2. The summed E-state index contributed by atoms with van der Waals surface area (Å²) >= 11 is 1.58. The van der Waals surface area contributed by atoms with Gasteiger partial charge in [0.2, 0.25) is 0 Å². The minimum atomic E-state index is -0.852. The van der Waals surface area contributed by atoms with Crippen LogP contribution in [0, 0.1) is 5.92 Å². The number of hydrogen-bond acceptors (Lipinski definition) is 4. The van der Waals surface area contributed by atoms with E-state index in [9.17, 15) is 9.59 Å². The molecular weight excluding hydrogens is 350 g/mol. The summed E-state index contributed by atoms with van der Waals surface area (Å²) in [6.45, 7) is 0.684. The Balaban J connectivity index is 1.70. The number of carboxylic acids is 1. The summed E-state index contributed by atoms with van der Waals surface area (Å²) in [5, 5.41) is 15.7. The molecule has 3 aromatic rings. The van der Waals surface area contributed by atoms with Crippen molar-refractivity contribution < 1.29 is 14.7 Å². The van der Waals surface area contributed by atoms with E-state index >= 15 is 0 Å². The Morgan fingerprint density at radius 1 is 1.15 bits per heavy atom. The number of likely N-dealkylation sites (tertiary alicyclic amines) is 1. The Morgan fingerprint density at radius 2 is 1.96 bits per heavy atom. The van der Waals surface area contributed by atoms with Gasteiger partial charge >= 0.3 is 5.97 Å². The lowest BCUT2D eigenvalue weighted by molar-refractivity contribution is -0.141. The molecule has 0 unspecified atom stereocenters. The molecule has 0 saturated carbocycles. The van der Waals surface area contributed by atoms with Gasteiger partial charge in [-0.05, 0) is 36.1 Å².